The van der Waals surface area contributed by atoms with Crippen molar-refractivity contribution in [3.63, 3.8) is 0 Å². The average Bonchev–Trinajstić information content (AvgIpc) is 3.03. The van der Waals surface area contributed by atoms with Crippen LogP contribution in [-0.4, -0.2) is 62.7 Å². The lowest BCUT2D eigenvalue weighted by molar-refractivity contribution is -0.114. The molecule has 2 N–H and O–H groups in total. The van der Waals surface area contributed by atoms with E-state index in [9.17, 15) is 21.6 Å². The number of amides is 1. The number of carbonyl (C=O) groups excluding carboxylic acids is 1. The van der Waals surface area contributed by atoms with Crippen molar-refractivity contribution in [1.82, 2.24) is 4.98 Å². The minimum Gasteiger partial charge on any atom is -0.497 e. The van der Waals surface area contributed by atoms with Crippen LogP contribution in [0.2, 0.25) is 0 Å². The number of ether oxygens (including phenoxy) is 4. The second kappa shape index (κ2) is 13.5. The number of pyridine rings is 1. The van der Waals surface area contributed by atoms with E-state index in [2.05, 4.69) is 15.0 Å². The van der Waals surface area contributed by atoms with Crippen LogP contribution in [0.15, 0.2) is 94.9 Å². The summed E-state index contributed by atoms with van der Waals surface area (Å²) in [6, 6.07) is 18.7. The van der Waals surface area contributed by atoms with Gasteiger partial charge in [-0.25, -0.2) is 21.8 Å². The molecule has 1 heterocycles. The van der Waals surface area contributed by atoms with Gasteiger partial charge in [-0.15, -0.1) is 0 Å². The fourth-order valence-corrected chi connectivity index (χ4v) is 6.51. The van der Waals surface area contributed by atoms with E-state index in [1.165, 1.54) is 95.3 Å². The molecular weight excluding hydrogens is 612 g/mol. The molecule has 0 radical (unpaired) electrons. The molecule has 4 rings (SSSR count). The maximum absolute atomic E-state index is 14.0. The van der Waals surface area contributed by atoms with E-state index < -0.39 is 32.5 Å². The number of aromatic nitrogens is 1. The van der Waals surface area contributed by atoms with Crippen molar-refractivity contribution in [3.05, 3.63) is 85.1 Å². The molecule has 0 aliphatic carbocycles. The highest BCUT2D eigenvalue weighted by atomic mass is 32.2. The molecule has 0 atom stereocenters. The lowest BCUT2D eigenvalue weighted by atomic mass is 10.2. The molecular formula is C29H30N4O9S2. The Labute approximate surface area is 255 Å². The second-order valence-electron chi connectivity index (χ2n) is 8.96. The van der Waals surface area contributed by atoms with Crippen molar-refractivity contribution in [2.45, 2.75) is 9.79 Å². The molecule has 232 valence electrons. The van der Waals surface area contributed by atoms with Crippen molar-refractivity contribution in [2.75, 3.05) is 49.3 Å². The molecule has 15 heteroatoms. The maximum atomic E-state index is 14.0. The van der Waals surface area contributed by atoms with E-state index in [4.69, 9.17) is 18.9 Å². The zero-order valence-corrected chi connectivity index (χ0v) is 25.8. The van der Waals surface area contributed by atoms with Gasteiger partial charge in [0.25, 0.3) is 20.0 Å². The first-order valence-electron chi connectivity index (χ1n) is 12.8. The highest BCUT2D eigenvalue weighted by Crippen LogP contribution is 2.37. The van der Waals surface area contributed by atoms with Crippen molar-refractivity contribution in [2.24, 2.45) is 0 Å². The number of rotatable bonds is 13. The zero-order valence-electron chi connectivity index (χ0n) is 24.2. The minimum atomic E-state index is -4.40. The molecule has 13 nitrogen and oxygen atoms in total. The van der Waals surface area contributed by atoms with Crippen LogP contribution in [0.4, 0.5) is 17.2 Å². The molecule has 44 heavy (non-hydrogen) atoms. The van der Waals surface area contributed by atoms with Gasteiger partial charge in [-0.1, -0.05) is 6.07 Å². The summed E-state index contributed by atoms with van der Waals surface area (Å²) >= 11 is 0. The van der Waals surface area contributed by atoms with Gasteiger partial charge in [0.15, 0.2) is 11.5 Å². The first-order chi connectivity index (χ1) is 21.0. The number of methoxy groups -OCH3 is 4. The minimum absolute atomic E-state index is 0.0406. The molecule has 0 aliphatic heterocycles. The Morgan fingerprint density at radius 2 is 1.41 bits per heavy atom. The van der Waals surface area contributed by atoms with Crippen molar-refractivity contribution in [1.29, 1.82) is 0 Å². The van der Waals surface area contributed by atoms with Gasteiger partial charge in [0.2, 0.25) is 5.91 Å². The molecule has 0 saturated heterocycles. The quantitative estimate of drug-likeness (QED) is 0.220. The first-order valence-corrected chi connectivity index (χ1v) is 15.7. The van der Waals surface area contributed by atoms with E-state index >= 15 is 0 Å². The number of nitrogens with one attached hydrogen (secondary N) is 2. The maximum Gasteiger partial charge on any atom is 0.265 e. The van der Waals surface area contributed by atoms with Gasteiger partial charge in [0.1, 0.15) is 23.9 Å². The Morgan fingerprint density at radius 1 is 0.750 bits per heavy atom. The predicted molar refractivity (Wildman–Crippen MR) is 164 cm³/mol. The zero-order chi connectivity index (χ0) is 31.9. The summed E-state index contributed by atoms with van der Waals surface area (Å²) < 4.78 is 78.0. The normalized spacial score (nSPS) is 11.3. The van der Waals surface area contributed by atoms with E-state index in [1.807, 2.05) is 0 Å². The fraction of sp³-hybridized carbons (Fsp3) is 0.172. The number of anilines is 3. The van der Waals surface area contributed by atoms with Crippen LogP contribution in [0.25, 0.3) is 0 Å². The summed E-state index contributed by atoms with van der Waals surface area (Å²) in [6.45, 7) is -0.679. The lowest BCUT2D eigenvalue weighted by Gasteiger charge is -2.26. The molecule has 0 spiro atoms. The van der Waals surface area contributed by atoms with Gasteiger partial charge in [-0.3, -0.25) is 13.8 Å². The first kappa shape index (κ1) is 31.9. The van der Waals surface area contributed by atoms with Gasteiger partial charge in [-0.05, 0) is 60.7 Å². The lowest BCUT2D eigenvalue weighted by Crippen LogP contribution is -2.38. The van der Waals surface area contributed by atoms with Crippen LogP contribution >= 0.6 is 0 Å². The number of benzene rings is 3. The molecule has 1 amide bonds. The van der Waals surface area contributed by atoms with E-state index in [0.717, 1.165) is 4.31 Å². The van der Waals surface area contributed by atoms with Gasteiger partial charge < -0.3 is 24.3 Å². The van der Waals surface area contributed by atoms with Crippen LogP contribution < -0.4 is 33.3 Å². The number of hydrogen-bond acceptors (Lipinski definition) is 10. The van der Waals surface area contributed by atoms with Gasteiger partial charge >= 0.3 is 0 Å². The molecule has 0 fully saturated rings. The molecule has 0 bridgehead atoms. The van der Waals surface area contributed by atoms with Crippen LogP contribution in [-0.2, 0) is 24.8 Å². The second-order valence-corrected chi connectivity index (χ2v) is 12.5. The van der Waals surface area contributed by atoms with Crippen LogP contribution in [0.3, 0.4) is 0 Å². The molecule has 0 saturated carbocycles. The monoisotopic (exact) mass is 642 g/mol. The summed E-state index contributed by atoms with van der Waals surface area (Å²) in [7, 11) is -2.78. The summed E-state index contributed by atoms with van der Waals surface area (Å²) in [5.41, 5.74) is 0.270. The predicted octanol–water partition coefficient (Wildman–Crippen LogP) is 3.75. The van der Waals surface area contributed by atoms with E-state index in [1.54, 1.807) is 18.2 Å². The Morgan fingerprint density at radius 3 is 2.02 bits per heavy atom. The van der Waals surface area contributed by atoms with Gasteiger partial charge in [-0.2, -0.15) is 0 Å². The topological polar surface area (TPSA) is 162 Å². The van der Waals surface area contributed by atoms with Crippen LogP contribution in [0.5, 0.6) is 23.0 Å². The third-order valence-corrected chi connectivity index (χ3v) is 9.36. The summed E-state index contributed by atoms with van der Waals surface area (Å²) in [5.74, 6) is 0.399. The average molecular weight is 643 g/mol. The van der Waals surface area contributed by atoms with Crippen molar-refractivity contribution >= 4 is 43.1 Å². The van der Waals surface area contributed by atoms with Crippen molar-refractivity contribution in [3.8, 4) is 23.0 Å². The van der Waals surface area contributed by atoms with Gasteiger partial charge in [0.05, 0.1) is 43.9 Å². The Hall–Kier alpha value is -5.02. The third-order valence-electron chi connectivity index (χ3n) is 6.24. The third kappa shape index (κ3) is 7.12. The van der Waals surface area contributed by atoms with Crippen LogP contribution in [0.1, 0.15) is 0 Å². The number of hydrogen-bond donors (Lipinski definition) is 2. The Bertz CT molecular complexity index is 1830. The number of nitrogens with zero attached hydrogens (tertiary/aromatic N) is 2. The summed E-state index contributed by atoms with van der Waals surface area (Å²) in [4.78, 5) is 17.0. The standard InChI is InChI=1S/C29H30N4O9S2/c1-39-21-10-14-25(40-2)24(17-21)33(44(37,38)23-13-15-26(41-3)27(18-23)42-4)19-29(34)31-20-8-11-22(12-9-20)43(35,36)32-28-7-5-6-16-30-28/h5-18H,19H2,1-4H3,(H,30,32)(H,31,34). The Kier molecular flexibility index (Phi) is 9.80. The van der Waals surface area contributed by atoms with Crippen LogP contribution in [0, 0.1) is 0 Å². The molecule has 0 aliphatic rings. The fourth-order valence-electron chi connectivity index (χ4n) is 4.06. The Balaban J connectivity index is 1.64. The van der Waals surface area contributed by atoms with Gasteiger partial charge in [0, 0.05) is 24.0 Å². The van der Waals surface area contributed by atoms with E-state index in [-0.39, 0.29) is 38.5 Å². The highest BCUT2D eigenvalue weighted by molar-refractivity contribution is 7.93. The number of sulfonamides is 2. The molecule has 4 aromatic rings. The SMILES string of the molecule is COc1ccc(OC)c(N(CC(=O)Nc2ccc(S(=O)(=O)Nc3ccccn3)cc2)S(=O)(=O)c2ccc(OC)c(OC)c2)c1. The highest BCUT2D eigenvalue weighted by Gasteiger charge is 2.31. The molecule has 3 aromatic carbocycles. The van der Waals surface area contributed by atoms with Crippen molar-refractivity contribution < 1.29 is 40.6 Å². The number of carbonyl (C=O) groups is 1. The molecule has 1 aromatic heterocycles. The smallest absolute Gasteiger partial charge is 0.265 e. The van der Waals surface area contributed by atoms with E-state index in [0.29, 0.717) is 11.5 Å². The summed E-state index contributed by atoms with van der Waals surface area (Å²) in [5, 5.41) is 2.61. The molecule has 0 unspecified atom stereocenters. The summed E-state index contributed by atoms with van der Waals surface area (Å²) in [6.07, 6.45) is 1.45. The largest absolute Gasteiger partial charge is 0.497 e.